The van der Waals surface area contributed by atoms with Crippen LogP contribution in [-0.2, 0) is 29.3 Å². The zero-order valence-corrected chi connectivity index (χ0v) is 16.2. The van der Waals surface area contributed by atoms with Crippen LogP contribution in [0.2, 0.25) is 3.67 Å². The fourth-order valence-corrected chi connectivity index (χ4v) is 8.26. The summed E-state index contributed by atoms with van der Waals surface area (Å²) in [4.78, 5) is 0. The molecule has 0 nitrogen and oxygen atoms in total. The standard InChI is InChI=1S/C10H15.C9H7.Hf/c1-10(2,3)8-9-6-4-5-7-9;1-2-5-9-7-3-6-8(9)4-1;/h4-7H,8H2,1-3H3;1-5H,6H2;. The van der Waals surface area contributed by atoms with E-state index in [9.17, 15) is 0 Å². The monoisotopic (exact) mass is 430 g/mol. The molecule has 0 aliphatic heterocycles. The third kappa shape index (κ3) is 3.31. The first-order valence-electron chi connectivity index (χ1n) is 7.45. The molecule has 3 rings (SSSR count). The molecule has 0 aromatic heterocycles. The van der Waals surface area contributed by atoms with Crippen LogP contribution in [-0.4, -0.2) is 0 Å². The predicted molar refractivity (Wildman–Crippen MR) is 83.2 cm³/mol. The van der Waals surface area contributed by atoms with E-state index in [2.05, 4.69) is 69.3 Å². The summed E-state index contributed by atoms with van der Waals surface area (Å²) < 4.78 is 2.51. The van der Waals surface area contributed by atoms with E-state index in [-0.39, 0.29) is 0 Å². The van der Waals surface area contributed by atoms with Crippen molar-refractivity contribution in [2.75, 3.05) is 0 Å². The van der Waals surface area contributed by atoms with Crippen molar-refractivity contribution < 1.29 is 22.9 Å². The van der Waals surface area contributed by atoms with Gasteiger partial charge in [-0.05, 0) is 0 Å². The summed E-state index contributed by atoms with van der Waals surface area (Å²) in [5.74, 6) is 0. The second kappa shape index (κ2) is 5.60. The molecule has 2 aliphatic carbocycles. The van der Waals surface area contributed by atoms with E-state index in [1.54, 1.807) is 14.5 Å². The van der Waals surface area contributed by atoms with Crippen molar-refractivity contribution in [1.29, 1.82) is 0 Å². The Hall–Kier alpha value is -0.690. The first-order chi connectivity index (χ1) is 9.51. The Balaban J connectivity index is 1.68. The van der Waals surface area contributed by atoms with Crippen LogP contribution in [0.3, 0.4) is 0 Å². The topological polar surface area (TPSA) is 0 Å². The van der Waals surface area contributed by atoms with Crippen LogP contribution in [0.1, 0.15) is 38.3 Å². The van der Waals surface area contributed by atoms with Crippen LogP contribution < -0.4 is 0 Å². The van der Waals surface area contributed by atoms with E-state index in [0.717, 1.165) is 10.1 Å². The number of rotatable bonds is 3. The van der Waals surface area contributed by atoms with Crippen LogP contribution in [0.25, 0.3) is 3.33 Å². The summed E-state index contributed by atoms with van der Waals surface area (Å²) in [7, 11) is 0. The third-order valence-electron chi connectivity index (χ3n) is 3.80. The number of allylic oxidation sites excluding steroid dienone is 5. The molecule has 20 heavy (non-hydrogen) atoms. The first-order valence-corrected chi connectivity index (χ1v) is 11.3. The summed E-state index contributed by atoms with van der Waals surface area (Å²) in [5.41, 5.74) is 5.05. The molecule has 0 saturated heterocycles. The molecule has 0 saturated carbocycles. The molecule has 0 bridgehead atoms. The maximum absolute atomic E-state index is 2.55. The fraction of sp³-hybridized carbons (Fsp3) is 0.368. The van der Waals surface area contributed by atoms with Crippen molar-refractivity contribution >= 4 is 3.33 Å². The predicted octanol–water partition coefficient (Wildman–Crippen LogP) is 5.39. The molecule has 2 aliphatic rings. The Morgan fingerprint density at radius 1 is 1.20 bits per heavy atom. The maximum atomic E-state index is 2.55. The van der Waals surface area contributed by atoms with Gasteiger partial charge in [0.2, 0.25) is 0 Å². The van der Waals surface area contributed by atoms with E-state index in [1.807, 2.05) is 0 Å². The van der Waals surface area contributed by atoms with Gasteiger partial charge in [-0.3, -0.25) is 0 Å². The van der Waals surface area contributed by atoms with Gasteiger partial charge < -0.3 is 0 Å². The number of hydrogen-bond donors (Lipinski definition) is 0. The summed E-state index contributed by atoms with van der Waals surface area (Å²) in [6, 6.07) is 8.96. The molecule has 1 aromatic rings. The van der Waals surface area contributed by atoms with E-state index in [1.165, 1.54) is 12.0 Å². The van der Waals surface area contributed by atoms with Crippen molar-refractivity contribution in [2.24, 2.45) is 5.41 Å². The molecule has 0 spiro atoms. The van der Waals surface area contributed by atoms with Gasteiger partial charge in [-0.25, -0.2) is 0 Å². The molecule has 102 valence electrons. The van der Waals surface area contributed by atoms with Gasteiger partial charge >= 0.3 is 134 Å². The molecular formula is C19H22Hf. The van der Waals surface area contributed by atoms with Crippen LogP contribution in [0.5, 0.6) is 0 Å². The molecule has 0 radical (unpaired) electrons. The van der Waals surface area contributed by atoms with Crippen molar-refractivity contribution in [3.63, 3.8) is 0 Å². The van der Waals surface area contributed by atoms with Crippen molar-refractivity contribution in [1.82, 2.24) is 0 Å². The van der Waals surface area contributed by atoms with Gasteiger partial charge in [-0.2, -0.15) is 0 Å². The van der Waals surface area contributed by atoms with Crippen molar-refractivity contribution in [3.8, 4) is 0 Å². The minimum absolute atomic E-state index is 0.401. The second-order valence-corrected chi connectivity index (χ2v) is 12.4. The summed E-state index contributed by atoms with van der Waals surface area (Å²) in [6.45, 7) is 6.98. The molecule has 1 aromatic carbocycles. The van der Waals surface area contributed by atoms with Crippen molar-refractivity contribution in [3.05, 3.63) is 65.3 Å². The fourth-order valence-electron chi connectivity index (χ4n) is 2.99. The van der Waals surface area contributed by atoms with Gasteiger partial charge in [0.1, 0.15) is 0 Å². The Morgan fingerprint density at radius 2 is 2.00 bits per heavy atom. The second-order valence-electron chi connectivity index (χ2n) is 6.99. The number of benzene rings is 1. The Morgan fingerprint density at radius 3 is 2.80 bits per heavy atom. The molecule has 1 heteroatoms. The number of fused-ring (bicyclic) bond motifs is 1. The van der Waals surface area contributed by atoms with E-state index < -0.39 is 22.9 Å². The Bertz CT molecular complexity index is 596. The Labute approximate surface area is 134 Å². The molecule has 0 N–H and O–H groups in total. The molecule has 1 atom stereocenters. The summed E-state index contributed by atoms with van der Waals surface area (Å²) in [6.07, 6.45) is 12.3. The summed E-state index contributed by atoms with van der Waals surface area (Å²) in [5, 5.41) is 0. The van der Waals surface area contributed by atoms with Crippen LogP contribution >= 0.6 is 0 Å². The average molecular weight is 429 g/mol. The van der Waals surface area contributed by atoms with Crippen molar-refractivity contribution in [2.45, 2.75) is 37.3 Å². The summed E-state index contributed by atoms with van der Waals surface area (Å²) >= 11 is -0.786. The average Bonchev–Trinajstić information content (AvgIpc) is 2.96. The van der Waals surface area contributed by atoms with Gasteiger partial charge in [0, 0.05) is 0 Å². The van der Waals surface area contributed by atoms with Gasteiger partial charge in [-0.15, -0.1) is 0 Å². The van der Waals surface area contributed by atoms with E-state index >= 15 is 0 Å². The Kier molecular flexibility index (Phi) is 3.99. The molecule has 0 fully saturated rings. The number of hydrogen-bond acceptors (Lipinski definition) is 0. The van der Waals surface area contributed by atoms with Gasteiger partial charge in [-0.1, -0.05) is 0 Å². The van der Waals surface area contributed by atoms with Crippen LogP contribution in [0, 0.1) is 5.41 Å². The van der Waals surface area contributed by atoms with Gasteiger partial charge in [0.15, 0.2) is 0 Å². The quantitative estimate of drug-likeness (QED) is 0.566. The van der Waals surface area contributed by atoms with Gasteiger partial charge in [0.25, 0.3) is 0 Å². The minimum atomic E-state index is -0.786. The molecule has 0 amide bonds. The third-order valence-corrected chi connectivity index (χ3v) is 9.11. The first kappa shape index (κ1) is 14.3. The van der Waals surface area contributed by atoms with E-state index in [0.29, 0.717) is 5.41 Å². The van der Waals surface area contributed by atoms with Crippen LogP contribution in [0.15, 0.2) is 54.1 Å². The zero-order chi connectivity index (χ0) is 14.2. The van der Waals surface area contributed by atoms with Gasteiger partial charge in [0.05, 0.1) is 0 Å². The van der Waals surface area contributed by atoms with E-state index in [4.69, 9.17) is 0 Å². The molecule has 0 heterocycles. The SMILES string of the molecule is CC(C)(C)CC1=C[CH]([Hf][C]2=CCc3ccccc32)C=C1. The molecule has 1 unspecified atom stereocenters. The molecular weight excluding hydrogens is 407 g/mol. The zero-order valence-electron chi connectivity index (χ0n) is 12.6. The van der Waals surface area contributed by atoms with Crippen LogP contribution in [0.4, 0.5) is 0 Å². The normalized spacial score (nSPS) is 20.6.